The number of allylic oxidation sites excluding steroid dienone is 1. The van der Waals surface area contributed by atoms with Gasteiger partial charge in [0.2, 0.25) is 0 Å². The number of nitriles is 1. The van der Waals surface area contributed by atoms with E-state index in [2.05, 4.69) is 23.6 Å². The zero-order chi connectivity index (χ0) is 13.5. The average molecular weight is 239 g/mol. The molecule has 1 rings (SSSR count). The van der Waals surface area contributed by atoms with Gasteiger partial charge in [-0.1, -0.05) is 12.6 Å². The quantitative estimate of drug-likeness (QED) is 0.647. The van der Waals surface area contributed by atoms with Gasteiger partial charge < -0.3 is 5.32 Å². The van der Waals surface area contributed by atoms with Crippen molar-refractivity contribution in [3.05, 3.63) is 59.4 Å². The second-order valence-corrected chi connectivity index (χ2v) is 3.65. The van der Waals surface area contributed by atoms with Crippen molar-refractivity contribution in [1.82, 2.24) is 5.32 Å². The highest BCUT2D eigenvalue weighted by Gasteiger charge is 2.08. The third-order valence-corrected chi connectivity index (χ3v) is 2.18. The smallest absolute Gasteiger partial charge is 0.255 e. The van der Waals surface area contributed by atoms with Crippen molar-refractivity contribution in [2.75, 3.05) is 0 Å². The van der Waals surface area contributed by atoms with Crippen molar-refractivity contribution >= 4 is 12.6 Å². The summed E-state index contributed by atoms with van der Waals surface area (Å²) in [5.74, 6) is -0.315. The van der Waals surface area contributed by atoms with Crippen LogP contribution in [0, 0.1) is 11.3 Å². The first-order valence-corrected chi connectivity index (χ1v) is 5.22. The normalized spacial score (nSPS) is 10.3. The topological polar surface area (TPSA) is 65.2 Å². The number of hydrogen-bond acceptors (Lipinski definition) is 3. The Bertz CT molecular complexity index is 565. The van der Waals surface area contributed by atoms with E-state index in [1.165, 1.54) is 12.3 Å². The average Bonchev–Trinajstić information content (AvgIpc) is 2.38. The SMILES string of the molecule is C=N/C=C(/NC(=O)c1cccc(C#N)c1)C(=C)C. The van der Waals surface area contributed by atoms with Crippen LogP contribution in [-0.4, -0.2) is 12.6 Å². The number of nitrogens with one attached hydrogen (secondary N) is 1. The van der Waals surface area contributed by atoms with Crippen LogP contribution in [0.25, 0.3) is 0 Å². The van der Waals surface area contributed by atoms with E-state index in [1.54, 1.807) is 25.1 Å². The van der Waals surface area contributed by atoms with Gasteiger partial charge in [-0.05, 0) is 37.4 Å². The Labute approximate surface area is 106 Å². The third-order valence-electron chi connectivity index (χ3n) is 2.18. The van der Waals surface area contributed by atoms with Crippen LogP contribution in [0.1, 0.15) is 22.8 Å². The minimum absolute atomic E-state index is 0.315. The number of carbonyl (C=O) groups is 1. The lowest BCUT2D eigenvalue weighted by Crippen LogP contribution is -2.23. The molecule has 1 aromatic rings. The van der Waals surface area contributed by atoms with Gasteiger partial charge in [0.1, 0.15) is 0 Å². The van der Waals surface area contributed by atoms with Crippen molar-refractivity contribution in [3.63, 3.8) is 0 Å². The molecule has 0 atom stereocenters. The maximum Gasteiger partial charge on any atom is 0.255 e. The summed E-state index contributed by atoms with van der Waals surface area (Å²) in [5, 5.41) is 11.4. The predicted octanol–water partition coefficient (Wildman–Crippen LogP) is 2.41. The maximum absolute atomic E-state index is 11.9. The molecule has 0 aliphatic carbocycles. The fraction of sp³-hybridized carbons (Fsp3) is 0.0714. The zero-order valence-corrected chi connectivity index (χ0v) is 10.1. The molecule has 1 aromatic carbocycles. The first-order chi connectivity index (χ1) is 8.58. The minimum atomic E-state index is -0.315. The number of carbonyl (C=O) groups excluding carboxylic acids is 1. The molecule has 4 heteroatoms. The number of rotatable bonds is 4. The van der Waals surface area contributed by atoms with Crippen LogP contribution in [0.4, 0.5) is 0 Å². The van der Waals surface area contributed by atoms with Gasteiger partial charge in [-0.25, -0.2) is 0 Å². The molecule has 0 radical (unpaired) electrons. The molecular weight excluding hydrogens is 226 g/mol. The number of nitrogens with zero attached hydrogens (tertiary/aromatic N) is 2. The summed E-state index contributed by atoms with van der Waals surface area (Å²) in [6.45, 7) is 8.81. The van der Waals surface area contributed by atoms with Gasteiger partial charge in [-0.2, -0.15) is 5.26 Å². The predicted molar refractivity (Wildman–Crippen MR) is 71.1 cm³/mol. The molecule has 0 saturated carbocycles. The number of aliphatic imine (C=N–C) groups is 1. The van der Waals surface area contributed by atoms with Crippen LogP contribution >= 0.6 is 0 Å². The Balaban J connectivity index is 2.94. The summed E-state index contributed by atoms with van der Waals surface area (Å²) in [5.41, 5.74) is 2.01. The third kappa shape index (κ3) is 3.42. The van der Waals surface area contributed by atoms with Gasteiger partial charge in [-0.15, -0.1) is 0 Å². The Morgan fingerprint density at radius 3 is 2.83 bits per heavy atom. The highest BCUT2D eigenvalue weighted by molar-refractivity contribution is 5.96. The first-order valence-electron chi connectivity index (χ1n) is 5.22. The van der Waals surface area contributed by atoms with E-state index in [1.807, 2.05) is 6.07 Å². The van der Waals surface area contributed by atoms with Gasteiger partial charge in [0.15, 0.2) is 0 Å². The van der Waals surface area contributed by atoms with Crippen LogP contribution in [0.3, 0.4) is 0 Å². The summed E-state index contributed by atoms with van der Waals surface area (Å²) < 4.78 is 0. The molecule has 0 heterocycles. The minimum Gasteiger partial charge on any atom is -0.320 e. The highest BCUT2D eigenvalue weighted by Crippen LogP contribution is 2.08. The Morgan fingerprint density at radius 1 is 1.56 bits per heavy atom. The van der Waals surface area contributed by atoms with Gasteiger partial charge >= 0.3 is 0 Å². The molecule has 0 spiro atoms. The van der Waals surface area contributed by atoms with E-state index in [0.717, 1.165) is 0 Å². The lowest BCUT2D eigenvalue weighted by atomic mass is 10.1. The fourth-order valence-electron chi connectivity index (χ4n) is 1.26. The molecule has 1 N–H and O–H groups in total. The Hall–Kier alpha value is -2.67. The first kappa shape index (κ1) is 13.4. The number of hydrogen-bond donors (Lipinski definition) is 1. The van der Waals surface area contributed by atoms with Crippen LogP contribution in [-0.2, 0) is 0 Å². The summed E-state index contributed by atoms with van der Waals surface area (Å²) in [4.78, 5) is 15.5. The van der Waals surface area contributed by atoms with Crippen LogP contribution in [0.5, 0.6) is 0 Å². The number of amides is 1. The largest absolute Gasteiger partial charge is 0.320 e. The molecule has 0 bridgehead atoms. The second kappa shape index (κ2) is 6.16. The molecule has 90 valence electrons. The van der Waals surface area contributed by atoms with Gasteiger partial charge in [0.05, 0.1) is 17.3 Å². The fourth-order valence-corrected chi connectivity index (χ4v) is 1.26. The molecule has 0 fully saturated rings. The summed E-state index contributed by atoms with van der Waals surface area (Å²) in [7, 11) is 0. The summed E-state index contributed by atoms with van der Waals surface area (Å²) in [6, 6.07) is 8.43. The van der Waals surface area contributed by atoms with E-state index in [-0.39, 0.29) is 5.91 Å². The van der Waals surface area contributed by atoms with E-state index < -0.39 is 0 Å². The Kier molecular flexibility index (Phi) is 4.58. The monoisotopic (exact) mass is 239 g/mol. The standard InChI is InChI=1S/C14H13N3O/c1-10(2)13(9-16-3)17-14(18)12-6-4-5-11(7-12)8-15/h4-7,9H,1,3H2,2H3,(H,17,18)/b13-9+. The zero-order valence-electron chi connectivity index (χ0n) is 10.1. The molecule has 0 unspecified atom stereocenters. The molecule has 0 aromatic heterocycles. The molecule has 18 heavy (non-hydrogen) atoms. The molecule has 4 nitrogen and oxygen atoms in total. The highest BCUT2D eigenvalue weighted by atomic mass is 16.1. The van der Waals surface area contributed by atoms with Gasteiger partial charge in [0.25, 0.3) is 5.91 Å². The molecular formula is C14H13N3O. The molecule has 0 aliphatic heterocycles. The summed E-state index contributed by atoms with van der Waals surface area (Å²) in [6.07, 6.45) is 1.42. The van der Waals surface area contributed by atoms with Crippen LogP contribution in [0.15, 0.2) is 53.3 Å². The van der Waals surface area contributed by atoms with Crippen molar-refractivity contribution in [1.29, 1.82) is 5.26 Å². The van der Waals surface area contributed by atoms with Crippen molar-refractivity contribution < 1.29 is 4.79 Å². The van der Waals surface area contributed by atoms with Crippen molar-refractivity contribution in [3.8, 4) is 6.07 Å². The van der Waals surface area contributed by atoms with E-state index >= 15 is 0 Å². The number of benzene rings is 1. The Morgan fingerprint density at radius 2 is 2.28 bits per heavy atom. The lowest BCUT2D eigenvalue weighted by molar-refractivity contribution is 0.0966. The lowest BCUT2D eigenvalue weighted by Gasteiger charge is -2.08. The summed E-state index contributed by atoms with van der Waals surface area (Å²) >= 11 is 0. The second-order valence-electron chi connectivity index (χ2n) is 3.65. The van der Waals surface area contributed by atoms with E-state index in [4.69, 9.17) is 5.26 Å². The van der Waals surface area contributed by atoms with Gasteiger partial charge in [-0.3, -0.25) is 9.79 Å². The van der Waals surface area contributed by atoms with Crippen molar-refractivity contribution in [2.45, 2.75) is 6.92 Å². The molecule has 0 aliphatic rings. The molecule has 1 amide bonds. The van der Waals surface area contributed by atoms with E-state index in [0.29, 0.717) is 22.4 Å². The molecule has 0 saturated heterocycles. The van der Waals surface area contributed by atoms with Gasteiger partial charge in [0, 0.05) is 11.8 Å². The van der Waals surface area contributed by atoms with Crippen LogP contribution < -0.4 is 5.32 Å². The van der Waals surface area contributed by atoms with Crippen LogP contribution in [0.2, 0.25) is 0 Å². The van der Waals surface area contributed by atoms with Crippen molar-refractivity contribution in [2.24, 2.45) is 4.99 Å². The maximum atomic E-state index is 11.9. The van der Waals surface area contributed by atoms with E-state index in [9.17, 15) is 4.79 Å².